The van der Waals surface area contributed by atoms with E-state index in [1.54, 1.807) is 6.07 Å². The maximum atomic E-state index is 12.9. The molecule has 0 bridgehead atoms. The molecule has 1 saturated heterocycles. The Bertz CT molecular complexity index is 765. The summed E-state index contributed by atoms with van der Waals surface area (Å²) in [7, 11) is -3.52. The molecule has 152 valence electrons. The van der Waals surface area contributed by atoms with E-state index >= 15 is 0 Å². The summed E-state index contributed by atoms with van der Waals surface area (Å²) in [5, 5.41) is 2.96. The normalized spacial score (nSPS) is 17.1. The predicted molar refractivity (Wildman–Crippen MR) is 108 cm³/mol. The van der Waals surface area contributed by atoms with E-state index in [9.17, 15) is 13.2 Å². The number of amides is 1. The van der Waals surface area contributed by atoms with E-state index < -0.39 is 10.0 Å². The van der Waals surface area contributed by atoms with E-state index in [0.29, 0.717) is 37.4 Å². The van der Waals surface area contributed by atoms with Crippen LogP contribution >= 0.6 is 0 Å². The van der Waals surface area contributed by atoms with Crippen LogP contribution in [0.1, 0.15) is 50.7 Å². The average molecular weight is 396 g/mol. The van der Waals surface area contributed by atoms with Crippen LogP contribution < -0.4 is 11.1 Å². The van der Waals surface area contributed by atoms with Gasteiger partial charge in [-0.3, -0.25) is 4.79 Å². The Morgan fingerprint density at radius 1 is 1.22 bits per heavy atom. The molecule has 0 radical (unpaired) electrons. The number of sulfonamides is 1. The van der Waals surface area contributed by atoms with Crippen molar-refractivity contribution in [3.63, 3.8) is 0 Å². The lowest BCUT2D eigenvalue weighted by molar-refractivity contribution is -0.126. The highest BCUT2D eigenvalue weighted by Crippen LogP contribution is 2.26. The fraction of sp³-hybridized carbons (Fsp3) is 0.650. The summed E-state index contributed by atoms with van der Waals surface area (Å²) in [4.78, 5) is 12.8. The monoisotopic (exact) mass is 395 g/mol. The Morgan fingerprint density at radius 2 is 1.81 bits per heavy atom. The summed E-state index contributed by atoms with van der Waals surface area (Å²) in [6, 6.07) is 5.38. The molecule has 0 unspecified atom stereocenters. The van der Waals surface area contributed by atoms with Gasteiger partial charge in [-0.1, -0.05) is 31.5 Å². The molecule has 1 aromatic carbocycles. The molecule has 6 nitrogen and oxygen atoms in total. The van der Waals surface area contributed by atoms with Gasteiger partial charge in [-0.2, -0.15) is 4.31 Å². The Labute approximate surface area is 163 Å². The van der Waals surface area contributed by atoms with Crippen LogP contribution in [-0.4, -0.2) is 43.8 Å². The van der Waals surface area contributed by atoms with Gasteiger partial charge in [0.15, 0.2) is 0 Å². The van der Waals surface area contributed by atoms with Crippen LogP contribution in [0.4, 0.5) is 0 Å². The van der Waals surface area contributed by atoms with Crippen LogP contribution in [0.2, 0.25) is 0 Å². The van der Waals surface area contributed by atoms with E-state index in [-0.39, 0.29) is 17.4 Å². The van der Waals surface area contributed by atoms with Crippen molar-refractivity contribution in [2.24, 2.45) is 11.7 Å². The molecule has 2 rings (SSSR count). The number of carbonyl (C=O) groups is 1. The molecule has 0 aromatic heterocycles. The van der Waals surface area contributed by atoms with E-state index in [4.69, 9.17) is 5.73 Å². The smallest absolute Gasteiger partial charge is 0.243 e. The molecule has 0 atom stereocenters. The molecular weight excluding hydrogens is 362 g/mol. The SMILES string of the molecule is CCC(N)(CC)CNC(=O)C1CCN(S(=O)(=O)c2ccc(C)cc2C)CC1. The van der Waals surface area contributed by atoms with Crippen molar-refractivity contribution in [3.8, 4) is 0 Å². The highest BCUT2D eigenvalue weighted by atomic mass is 32.2. The van der Waals surface area contributed by atoms with Gasteiger partial charge < -0.3 is 11.1 Å². The zero-order valence-corrected chi connectivity index (χ0v) is 17.7. The number of piperidine rings is 1. The van der Waals surface area contributed by atoms with Crippen molar-refractivity contribution < 1.29 is 13.2 Å². The molecular formula is C20H33N3O3S. The molecule has 3 N–H and O–H groups in total. The lowest BCUT2D eigenvalue weighted by Gasteiger charge is -2.32. The zero-order chi connectivity index (χ0) is 20.2. The third kappa shape index (κ3) is 5.09. The van der Waals surface area contributed by atoms with E-state index in [1.165, 1.54) is 4.31 Å². The number of carbonyl (C=O) groups excluding carboxylic acids is 1. The molecule has 1 amide bonds. The molecule has 1 heterocycles. The molecule has 0 spiro atoms. The van der Waals surface area contributed by atoms with Crippen LogP contribution in [-0.2, 0) is 14.8 Å². The third-order valence-corrected chi connectivity index (χ3v) is 7.85. The summed E-state index contributed by atoms with van der Waals surface area (Å²) < 4.78 is 27.4. The number of benzene rings is 1. The topological polar surface area (TPSA) is 92.5 Å². The molecule has 0 saturated carbocycles. The number of aryl methyl sites for hydroxylation is 2. The van der Waals surface area contributed by atoms with Gasteiger partial charge in [0, 0.05) is 31.1 Å². The van der Waals surface area contributed by atoms with Crippen molar-refractivity contribution in [2.75, 3.05) is 19.6 Å². The van der Waals surface area contributed by atoms with E-state index in [0.717, 1.165) is 24.0 Å². The minimum absolute atomic E-state index is 0.0183. The molecule has 7 heteroatoms. The summed E-state index contributed by atoms with van der Waals surface area (Å²) in [5.74, 6) is -0.177. The minimum atomic E-state index is -3.52. The standard InChI is InChI=1S/C20H33N3O3S/c1-5-20(21,6-2)14-22-19(24)17-9-11-23(12-10-17)27(25,26)18-8-7-15(3)13-16(18)4/h7-8,13,17H,5-6,9-12,14,21H2,1-4H3,(H,22,24). The van der Waals surface area contributed by atoms with Crippen LogP contribution in [0.5, 0.6) is 0 Å². The second kappa shape index (κ2) is 8.71. The first kappa shape index (κ1) is 21.9. The second-order valence-electron chi connectivity index (χ2n) is 7.73. The molecule has 1 aliphatic rings. The van der Waals surface area contributed by atoms with Gasteiger partial charge in [-0.05, 0) is 51.2 Å². The summed E-state index contributed by atoms with van der Waals surface area (Å²) in [5.41, 5.74) is 7.66. The molecule has 1 aromatic rings. The molecule has 1 aliphatic heterocycles. The highest BCUT2D eigenvalue weighted by molar-refractivity contribution is 7.89. The van der Waals surface area contributed by atoms with E-state index in [1.807, 2.05) is 39.8 Å². The van der Waals surface area contributed by atoms with Gasteiger partial charge in [-0.15, -0.1) is 0 Å². The Hall–Kier alpha value is -1.44. The maximum Gasteiger partial charge on any atom is 0.243 e. The number of nitrogens with zero attached hydrogens (tertiary/aromatic N) is 1. The fourth-order valence-electron chi connectivity index (χ4n) is 3.49. The number of rotatable bonds is 7. The first-order valence-corrected chi connectivity index (χ1v) is 11.2. The Morgan fingerprint density at radius 3 is 2.33 bits per heavy atom. The largest absolute Gasteiger partial charge is 0.354 e. The number of hydrogen-bond donors (Lipinski definition) is 2. The van der Waals surface area contributed by atoms with Gasteiger partial charge in [0.1, 0.15) is 0 Å². The lowest BCUT2D eigenvalue weighted by atomic mass is 9.93. The highest BCUT2D eigenvalue weighted by Gasteiger charge is 2.33. The summed E-state index contributed by atoms with van der Waals surface area (Å²) in [6.45, 7) is 8.99. The van der Waals surface area contributed by atoms with Gasteiger partial charge in [0.2, 0.25) is 15.9 Å². The fourth-order valence-corrected chi connectivity index (χ4v) is 5.17. The van der Waals surface area contributed by atoms with Crippen molar-refractivity contribution >= 4 is 15.9 Å². The first-order chi connectivity index (χ1) is 12.6. The Kier molecular flexibility index (Phi) is 7.05. The quantitative estimate of drug-likeness (QED) is 0.741. The summed E-state index contributed by atoms with van der Waals surface area (Å²) in [6.07, 6.45) is 2.67. The Balaban J connectivity index is 1.97. The van der Waals surface area contributed by atoms with Crippen molar-refractivity contribution in [1.82, 2.24) is 9.62 Å². The third-order valence-electron chi connectivity index (χ3n) is 5.80. The maximum absolute atomic E-state index is 12.9. The van der Waals surface area contributed by atoms with Crippen LogP contribution in [0, 0.1) is 19.8 Å². The van der Waals surface area contributed by atoms with Crippen molar-refractivity contribution in [1.29, 1.82) is 0 Å². The number of nitrogens with one attached hydrogen (secondary N) is 1. The molecule has 0 aliphatic carbocycles. The van der Waals surface area contributed by atoms with Crippen LogP contribution in [0.3, 0.4) is 0 Å². The van der Waals surface area contributed by atoms with Crippen LogP contribution in [0.25, 0.3) is 0 Å². The lowest BCUT2D eigenvalue weighted by Crippen LogP contribution is -2.51. The van der Waals surface area contributed by atoms with Crippen molar-refractivity contribution in [3.05, 3.63) is 29.3 Å². The van der Waals surface area contributed by atoms with E-state index in [2.05, 4.69) is 5.32 Å². The number of hydrogen-bond acceptors (Lipinski definition) is 4. The first-order valence-electron chi connectivity index (χ1n) is 9.77. The van der Waals surface area contributed by atoms with Gasteiger partial charge in [-0.25, -0.2) is 8.42 Å². The number of nitrogens with two attached hydrogens (primary N) is 1. The second-order valence-corrected chi connectivity index (χ2v) is 9.64. The minimum Gasteiger partial charge on any atom is -0.354 e. The van der Waals surface area contributed by atoms with Crippen molar-refractivity contribution in [2.45, 2.75) is 63.8 Å². The van der Waals surface area contributed by atoms with Crippen LogP contribution in [0.15, 0.2) is 23.1 Å². The summed E-state index contributed by atoms with van der Waals surface area (Å²) >= 11 is 0. The van der Waals surface area contributed by atoms with Gasteiger partial charge in [0.05, 0.1) is 4.90 Å². The zero-order valence-electron chi connectivity index (χ0n) is 16.9. The van der Waals surface area contributed by atoms with Gasteiger partial charge in [0.25, 0.3) is 0 Å². The van der Waals surface area contributed by atoms with Gasteiger partial charge >= 0.3 is 0 Å². The average Bonchev–Trinajstić information content (AvgIpc) is 2.65. The molecule has 27 heavy (non-hydrogen) atoms. The predicted octanol–water partition coefficient (Wildman–Crippen LogP) is 2.34. The molecule has 1 fully saturated rings.